The van der Waals surface area contributed by atoms with Gasteiger partial charge in [0, 0.05) is 0 Å². The lowest BCUT2D eigenvalue weighted by molar-refractivity contribution is 0.297. The normalized spacial score (nSPS) is 11.1. The van der Waals surface area contributed by atoms with Crippen LogP contribution in [-0.4, -0.2) is 15.5 Å². The summed E-state index contributed by atoms with van der Waals surface area (Å²) in [7, 11) is -2.20. The minimum absolute atomic E-state index is 0.0199. The van der Waals surface area contributed by atoms with E-state index in [0.29, 0.717) is 0 Å². The van der Waals surface area contributed by atoms with Crippen LogP contribution in [0.1, 0.15) is 5.56 Å². The third-order valence-corrected chi connectivity index (χ3v) is 3.66. The molecule has 2 aromatic carbocycles. The van der Waals surface area contributed by atoms with Crippen LogP contribution in [0.4, 0.5) is 0 Å². The topological polar surface area (TPSA) is 78.6 Å². The van der Waals surface area contributed by atoms with Gasteiger partial charge in [-0.1, -0.05) is 24.3 Å². The first-order valence-corrected chi connectivity index (χ1v) is 7.43. The van der Waals surface area contributed by atoms with E-state index in [-0.39, 0.29) is 17.3 Å². The van der Waals surface area contributed by atoms with Gasteiger partial charge in [-0.2, -0.15) is 0 Å². The standard InChI is InChI=1S/C14H15NO4S/c1-18-12-8-6-11(7-9-12)10-19-13-4-2-3-5-14(13)20(15,16)17/h2-9H,10H2,1H3,(H2,15,16,17). The number of ether oxygens (including phenoxy) is 2. The fourth-order valence-electron chi connectivity index (χ4n) is 1.69. The summed E-state index contributed by atoms with van der Waals surface area (Å²) in [6.07, 6.45) is 0. The average Bonchev–Trinajstić information content (AvgIpc) is 2.45. The van der Waals surface area contributed by atoms with E-state index < -0.39 is 10.0 Å². The van der Waals surface area contributed by atoms with E-state index in [9.17, 15) is 8.42 Å². The second-order valence-electron chi connectivity index (χ2n) is 4.13. The third kappa shape index (κ3) is 3.49. The Morgan fingerprint density at radius 3 is 2.30 bits per heavy atom. The number of nitrogens with two attached hydrogens (primary N) is 1. The summed E-state index contributed by atoms with van der Waals surface area (Å²) < 4.78 is 33.4. The maximum Gasteiger partial charge on any atom is 0.241 e. The highest BCUT2D eigenvalue weighted by atomic mass is 32.2. The van der Waals surface area contributed by atoms with Crippen LogP contribution < -0.4 is 14.6 Å². The van der Waals surface area contributed by atoms with Crippen molar-refractivity contribution in [1.82, 2.24) is 0 Å². The van der Waals surface area contributed by atoms with Crippen LogP contribution in [0.3, 0.4) is 0 Å². The van der Waals surface area contributed by atoms with E-state index in [1.54, 1.807) is 25.3 Å². The molecule has 0 spiro atoms. The van der Waals surface area contributed by atoms with Gasteiger partial charge in [-0.25, -0.2) is 13.6 Å². The number of para-hydroxylation sites is 1. The highest BCUT2D eigenvalue weighted by Gasteiger charge is 2.14. The highest BCUT2D eigenvalue weighted by molar-refractivity contribution is 7.89. The molecule has 2 rings (SSSR count). The van der Waals surface area contributed by atoms with Crippen molar-refractivity contribution in [3.8, 4) is 11.5 Å². The molecule has 6 heteroatoms. The van der Waals surface area contributed by atoms with Crippen molar-refractivity contribution in [1.29, 1.82) is 0 Å². The fraction of sp³-hybridized carbons (Fsp3) is 0.143. The van der Waals surface area contributed by atoms with Gasteiger partial charge in [0.15, 0.2) is 0 Å². The molecule has 5 nitrogen and oxygen atoms in total. The molecule has 0 amide bonds. The molecule has 0 atom stereocenters. The largest absolute Gasteiger partial charge is 0.497 e. The molecule has 0 radical (unpaired) electrons. The van der Waals surface area contributed by atoms with Gasteiger partial charge in [0.2, 0.25) is 10.0 Å². The number of sulfonamides is 1. The Hall–Kier alpha value is -2.05. The molecule has 0 aromatic heterocycles. The second-order valence-corrected chi connectivity index (χ2v) is 5.66. The van der Waals surface area contributed by atoms with Crippen molar-refractivity contribution in [2.45, 2.75) is 11.5 Å². The van der Waals surface area contributed by atoms with Crippen molar-refractivity contribution in [3.05, 3.63) is 54.1 Å². The Kier molecular flexibility index (Phi) is 4.26. The van der Waals surface area contributed by atoms with Crippen LogP contribution in [0.2, 0.25) is 0 Å². The van der Waals surface area contributed by atoms with Crippen LogP contribution >= 0.6 is 0 Å². The van der Waals surface area contributed by atoms with E-state index in [4.69, 9.17) is 14.6 Å². The first-order valence-electron chi connectivity index (χ1n) is 5.88. The maximum atomic E-state index is 11.4. The maximum absolute atomic E-state index is 11.4. The van der Waals surface area contributed by atoms with Gasteiger partial charge < -0.3 is 9.47 Å². The second kappa shape index (κ2) is 5.94. The number of methoxy groups -OCH3 is 1. The quantitative estimate of drug-likeness (QED) is 0.913. The van der Waals surface area contributed by atoms with Crippen LogP contribution in [-0.2, 0) is 16.6 Å². The van der Waals surface area contributed by atoms with Crippen LogP contribution in [0.25, 0.3) is 0 Å². The molecular formula is C14H15NO4S. The zero-order chi connectivity index (χ0) is 14.6. The van der Waals surface area contributed by atoms with Crippen molar-refractivity contribution >= 4 is 10.0 Å². The predicted octanol–water partition coefficient (Wildman–Crippen LogP) is 1.92. The molecule has 0 aliphatic heterocycles. The minimum Gasteiger partial charge on any atom is -0.497 e. The Labute approximate surface area is 118 Å². The van der Waals surface area contributed by atoms with Gasteiger partial charge in [-0.15, -0.1) is 0 Å². The molecule has 0 aliphatic rings. The molecule has 2 aromatic rings. The van der Waals surface area contributed by atoms with E-state index in [1.165, 1.54) is 6.07 Å². The molecule has 106 valence electrons. The molecule has 0 aliphatic carbocycles. The summed E-state index contributed by atoms with van der Waals surface area (Å²) in [4.78, 5) is -0.0199. The van der Waals surface area contributed by atoms with Crippen molar-refractivity contribution in [2.75, 3.05) is 7.11 Å². The van der Waals surface area contributed by atoms with Crippen molar-refractivity contribution < 1.29 is 17.9 Å². The molecule has 20 heavy (non-hydrogen) atoms. The number of hydrogen-bond acceptors (Lipinski definition) is 4. The van der Waals surface area contributed by atoms with Gasteiger partial charge >= 0.3 is 0 Å². The summed E-state index contributed by atoms with van der Waals surface area (Å²) in [5.74, 6) is 0.990. The number of primary sulfonamides is 1. The predicted molar refractivity (Wildman–Crippen MR) is 75.1 cm³/mol. The summed E-state index contributed by atoms with van der Waals surface area (Å²) in [6.45, 7) is 0.247. The lowest BCUT2D eigenvalue weighted by atomic mass is 10.2. The zero-order valence-electron chi connectivity index (χ0n) is 10.9. The number of benzene rings is 2. The number of rotatable bonds is 5. The van der Waals surface area contributed by atoms with Crippen LogP contribution in [0.15, 0.2) is 53.4 Å². The Bertz CT molecular complexity index is 681. The van der Waals surface area contributed by atoms with Crippen LogP contribution in [0.5, 0.6) is 11.5 Å². The molecule has 0 bridgehead atoms. The van der Waals surface area contributed by atoms with Crippen molar-refractivity contribution in [3.63, 3.8) is 0 Å². The zero-order valence-corrected chi connectivity index (χ0v) is 11.8. The minimum atomic E-state index is -3.79. The molecule has 2 N–H and O–H groups in total. The SMILES string of the molecule is COc1ccc(COc2ccccc2S(N)(=O)=O)cc1. The van der Waals surface area contributed by atoms with Gasteiger partial charge in [-0.05, 0) is 29.8 Å². The first-order chi connectivity index (χ1) is 9.50. The molecule has 0 saturated heterocycles. The lowest BCUT2D eigenvalue weighted by Gasteiger charge is -2.10. The molecule has 0 saturated carbocycles. The highest BCUT2D eigenvalue weighted by Crippen LogP contribution is 2.23. The third-order valence-electron chi connectivity index (χ3n) is 2.71. The summed E-state index contributed by atoms with van der Waals surface area (Å²) in [5, 5.41) is 5.14. The van der Waals surface area contributed by atoms with Gasteiger partial charge in [0.1, 0.15) is 23.0 Å². The van der Waals surface area contributed by atoms with Crippen LogP contribution in [0, 0.1) is 0 Å². The van der Waals surface area contributed by atoms with Gasteiger partial charge in [0.25, 0.3) is 0 Å². The Balaban J connectivity index is 2.15. The van der Waals surface area contributed by atoms with Gasteiger partial charge in [0.05, 0.1) is 7.11 Å². The molecule has 0 fully saturated rings. The van der Waals surface area contributed by atoms with E-state index in [0.717, 1.165) is 11.3 Å². The molecule has 0 heterocycles. The fourth-order valence-corrected chi connectivity index (χ4v) is 2.36. The molecular weight excluding hydrogens is 278 g/mol. The summed E-state index contributed by atoms with van der Waals surface area (Å²) in [6, 6.07) is 13.6. The summed E-state index contributed by atoms with van der Waals surface area (Å²) >= 11 is 0. The van der Waals surface area contributed by atoms with E-state index in [2.05, 4.69) is 0 Å². The smallest absolute Gasteiger partial charge is 0.241 e. The lowest BCUT2D eigenvalue weighted by Crippen LogP contribution is -2.13. The van der Waals surface area contributed by atoms with E-state index in [1.807, 2.05) is 24.3 Å². The Morgan fingerprint density at radius 2 is 1.70 bits per heavy atom. The average molecular weight is 293 g/mol. The van der Waals surface area contributed by atoms with Crippen molar-refractivity contribution in [2.24, 2.45) is 5.14 Å². The van der Waals surface area contributed by atoms with E-state index >= 15 is 0 Å². The monoisotopic (exact) mass is 293 g/mol. The number of hydrogen-bond donors (Lipinski definition) is 1. The first kappa shape index (κ1) is 14.4. The Morgan fingerprint density at radius 1 is 1.05 bits per heavy atom. The molecule has 0 unspecified atom stereocenters. The van der Waals surface area contributed by atoms with Gasteiger partial charge in [-0.3, -0.25) is 0 Å². The summed E-state index contributed by atoms with van der Waals surface area (Å²) in [5.41, 5.74) is 0.898.